The normalized spacial score (nSPS) is 19.4. The van der Waals surface area contributed by atoms with Crippen LogP contribution in [0.25, 0.3) is 5.57 Å². The average molecular weight is 357 g/mol. The minimum Gasteiger partial charge on any atom is -0.285 e. The molecule has 0 fully saturated rings. The third-order valence-corrected chi connectivity index (χ3v) is 5.38. The molecule has 138 valence electrons. The Kier molecular flexibility index (Phi) is 5.63. The van der Waals surface area contributed by atoms with Crippen LogP contribution in [-0.2, 0) is 5.54 Å². The number of nitriles is 1. The predicted molar refractivity (Wildman–Crippen MR) is 113 cm³/mol. The first-order valence-electron chi connectivity index (χ1n) is 9.72. The van der Waals surface area contributed by atoms with Crippen LogP contribution in [0.5, 0.6) is 0 Å². The van der Waals surface area contributed by atoms with Crippen molar-refractivity contribution in [2.75, 3.05) is 0 Å². The van der Waals surface area contributed by atoms with Gasteiger partial charge in [-0.3, -0.25) is 4.90 Å². The SMILES string of the molecule is CC(C)N(C(C)C)C1(c2ccccc2)C=CC(c2ccccc2C#N)=CC1. The molecule has 27 heavy (non-hydrogen) atoms. The van der Waals surface area contributed by atoms with Gasteiger partial charge in [0.2, 0.25) is 0 Å². The second-order valence-electron chi connectivity index (χ2n) is 7.74. The zero-order chi connectivity index (χ0) is 19.4. The van der Waals surface area contributed by atoms with Crippen molar-refractivity contribution < 1.29 is 0 Å². The van der Waals surface area contributed by atoms with Crippen molar-refractivity contribution in [3.8, 4) is 6.07 Å². The van der Waals surface area contributed by atoms with E-state index in [2.05, 4.69) is 87.2 Å². The van der Waals surface area contributed by atoms with Gasteiger partial charge in [-0.05, 0) is 56.9 Å². The Morgan fingerprint density at radius 3 is 2.11 bits per heavy atom. The van der Waals surface area contributed by atoms with Crippen molar-refractivity contribution in [3.05, 3.63) is 89.5 Å². The van der Waals surface area contributed by atoms with Crippen LogP contribution in [0.4, 0.5) is 0 Å². The number of allylic oxidation sites excluding steroid dienone is 2. The summed E-state index contributed by atoms with van der Waals surface area (Å²) >= 11 is 0. The molecule has 0 saturated carbocycles. The van der Waals surface area contributed by atoms with E-state index in [0.29, 0.717) is 12.1 Å². The lowest BCUT2D eigenvalue weighted by atomic mass is 9.78. The van der Waals surface area contributed by atoms with E-state index < -0.39 is 0 Å². The molecular weight excluding hydrogens is 328 g/mol. The van der Waals surface area contributed by atoms with Gasteiger partial charge in [-0.1, -0.05) is 66.8 Å². The van der Waals surface area contributed by atoms with E-state index in [0.717, 1.165) is 23.1 Å². The number of hydrogen-bond acceptors (Lipinski definition) is 2. The highest BCUT2D eigenvalue weighted by Gasteiger charge is 2.39. The minimum atomic E-state index is -0.172. The Morgan fingerprint density at radius 2 is 1.56 bits per heavy atom. The van der Waals surface area contributed by atoms with Gasteiger partial charge in [0, 0.05) is 12.1 Å². The maximum atomic E-state index is 9.45. The molecule has 0 saturated heterocycles. The highest BCUT2D eigenvalue weighted by atomic mass is 15.2. The van der Waals surface area contributed by atoms with Crippen molar-refractivity contribution in [2.45, 2.75) is 51.7 Å². The molecule has 0 aromatic heterocycles. The summed E-state index contributed by atoms with van der Waals surface area (Å²) in [6, 6.07) is 21.7. The second kappa shape index (κ2) is 7.94. The van der Waals surface area contributed by atoms with Crippen molar-refractivity contribution >= 4 is 5.57 Å². The summed E-state index contributed by atoms with van der Waals surface area (Å²) in [7, 11) is 0. The van der Waals surface area contributed by atoms with Gasteiger partial charge in [0.1, 0.15) is 0 Å². The van der Waals surface area contributed by atoms with Crippen molar-refractivity contribution in [1.82, 2.24) is 4.90 Å². The summed E-state index contributed by atoms with van der Waals surface area (Å²) in [6.07, 6.45) is 7.72. The second-order valence-corrected chi connectivity index (χ2v) is 7.74. The lowest BCUT2D eigenvalue weighted by molar-refractivity contribution is 0.0576. The first kappa shape index (κ1) is 19.1. The van der Waals surface area contributed by atoms with E-state index in [4.69, 9.17) is 0 Å². The predicted octanol–water partition coefficient (Wildman–Crippen LogP) is 5.92. The summed E-state index contributed by atoms with van der Waals surface area (Å²) in [5.74, 6) is 0. The Labute approximate surface area is 163 Å². The summed E-state index contributed by atoms with van der Waals surface area (Å²) < 4.78 is 0. The van der Waals surface area contributed by atoms with Gasteiger partial charge in [0.05, 0.1) is 17.2 Å². The van der Waals surface area contributed by atoms with Crippen molar-refractivity contribution in [2.24, 2.45) is 0 Å². The third kappa shape index (κ3) is 3.61. The van der Waals surface area contributed by atoms with Crippen molar-refractivity contribution in [1.29, 1.82) is 5.26 Å². The standard InChI is InChI=1S/C25H28N2/c1-19(2)27(20(3)4)25(23-11-6-5-7-12-23)16-14-21(15-17-25)24-13-9-8-10-22(24)18-26/h5-16,19-20H,17H2,1-4H3. The average Bonchev–Trinajstić information content (AvgIpc) is 2.68. The van der Waals surface area contributed by atoms with Gasteiger partial charge in [0.25, 0.3) is 0 Å². The van der Waals surface area contributed by atoms with E-state index >= 15 is 0 Å². The van der Waals surface area contributed by atoms with Gasteiger partial charge in [-0.25, -0.2) is 0 Å². The monoisotopic (exact) mass is 356 g/mol. The molecule has 1 atom stereocenters. The van der Waals surface area contributed by atoms with Crippen LogP contribution < -0.4 is 0 Å². The third-order valence-electron chi connectivity index (χ3n) is 5.38. The van der Waals surface area contributed by atoms with E-state index in [9.17, 15) is 5.26 Å². The molecule has 2 aromatic carbocycles. The van der Waals surface area contributed by atoms with Gasteiger partial charge in [0.15, 0.2) is 0 Å². The topological polar surface area (TPSA) is 27.0 Å². The minimum absolute atomic E-state index is 0.172. The van der Waals surface area contributed by atoms with Crippen LogP contribution in [0, 0.1) is 11.3 Å². The summed E-state index contributed by atoms with van der Waals surface area (Å²) in [6.45, 7) is 9.07. The molecule has 0 N–H and O–H groups in total. The quantitative estimate of drug-likeness (QED) is 0.665. The van der Waals surface area contributed by atoms with Gasteiger partial charge in [-0.2, -0.15) is 5.26 Å². The molecule has 1 aliphatic rings. The van der Waals surface area contributed by atoms with Gasteiger partial charge >= 0.3 is 0 Å². The van der Waals surface area contributed by atoms with Crippen LogP contribution in [0.3, 0.4) is 0 Å². The van der Waals surface area contributed by atoms with E-state index in [1.54, 1.807) is 0 Å². The maximum Gasteiger partial charge on any atom is 0.0998 e. The Bertz CT molecular complexity index is 876. The number of rotatable bonds is 5. The van der Waals surface area contributed by atoms with Crippen LogP contribution in [0.2, 0.25) is 0 Å². The fourth-order valence-electron chi connectivity index (χ4n) is 4.46. The van der Waals surface area contributed by atoms with Gasteiger partial charge < -0.3 is 0 Å². The Morgan fingerprint density at radius 1 is 0.926 bits per heavy atom. The van der Waals surface area contributed by atoms with E-state index in [1.807, 2.05) is 24.3 Å². The fourth-order valence-corrected chi connectivity index (χ4v) is 4.46. The largest absolute Gasteiger partial charge is 0.285 e. The molecule has 0 radical (unpaired) electrons. The molecule has 1 aliphatic carbocycles. The van der Waals surface area contributed by atoms with Crippen LogP contribution >= 0.6 is 0 Å². The van der Waals surface area contributed by atoms with E-state index in [1.165, 1.54) is 5.56 Å². The number of nitrogens with zero attached hydrogens (tertiary/aromatic N) is 2. The molecule has 0 bridgehead atoms. The summed E-state index contributed by atoms with van der Waals surface area (Å²) in [5, 5.41) is 9.45. The van der Waals surface area contributed by atoms with Crippen LogP contribution in [0.15, 0.2) is 72.8 Å². The summed E-state index contributed by atoms with van der Waals surface area (Å²) in [5.41, 5.74) is 4.01. The molecule has 2 nitrogen and oxygen atoms in total. The molecule has 0 spiro atoms. The Balaban J connectivity index is 2.08. The molecule has 2 aromatic rings. The maximum absolute atomic E-state index is 9.45. The first-order valence-corrected chi connectivity index (χ1v) is 9.72. The van der Waals surface area contributed by atoms with Crippen molar-refractivity contribution in [3.63, 3.8) is 0 Å². The zero-order valence-corrected chi connectivity index (χ0v) is 16.7. The molecule has 0 aliphatic heterocycles. The Hall–Kier alpha value is -2.63. The molecular formula is C25H28N2. The fraction of sp³-hybridized carbons (Fsp3) is 0.320. The van der Waals surface area contributed by atoms with Gasteiger partial charge in [-0.15, -0.1) is 0 Å². The van der Waals surface area contributed by atoms with Crippen LogP contribution in [-0.4, -0.2) is 17.0 Å². The smallest absolute Gasteiger partial charge is 0.0998 e. The van der Waals surface area contributed by atoms with E-state index in [-0.39, 0.29) is 5.54 Å². The summed E-state index contributed by atoms with van der Waals surface area (Å²) in [4.78, 5) is 2.59. The highest BCUT2D eigenvalue weighted by molar-refractivity contribution is 5.79. The lowest BCUT2D eigenvalue weighted by Gasteiger charge is -2.48. The molecule has 3 rings (SSSR count). The first-order chi connectivity index (χ1) is 13.0. The number of hydrogen-bond donors (Lipinski definition) is 0. The molecule has 0 amide bonds. The molecule has 2 heteroatoms. The highest BCUT2D eigenvalue weighted by Crippen LogP contribution is 2.42. The van der Waals surface area contributed by atoms with Crippen LogP contribution in [0.1, 0.15) is 50.8 Å². The molecule has 1 unspecified atom stereocenters. The number of benzene rings is 2. The lowest BCUT2D eigenvalue weighted by Crippen LogP contribution is -2.52. The zero-order valence-electron chi connectivity index (χ0n) is 16.7. The molecule has 0 heterocycles.